The van der Waals surface area contributed by atoms with Crippen molar-refractivity contribution in [2.24, 2.45) is 0 Å². The number of benzene rings is 1. The van der Waals surface area contributed by atoms with Gasteiger partial charge in [0.05, 0.1) is 11.4 Å². The molecule has 0 saturated carbocycles. The number of halogens is 1. The van der Waals surface area contributed by atoms with Gasteiger partial charge in [0.15, 0.2) is 0 Å². The van der Waals surface area contributed by atoms with Crippen LogP contribution >= 0.6 is 11.6 Å². The first-order valence-electron chi connectivity index (χ1n) is 6.05. The van der Waals surface area contributed by atoms with E-state index in [9.17, 15) is 13.2 Å². The number of nitrogens with zero attached hydrogens (tertiary/aromatic N) is 1. The van der Waals surface area contributed by atoms with Crippen LogP contribution in [0.4, 0.5) is 5.69 Å². The maximum atomic E-state index is 12.1. The van der Waals surface area contributed by atoms with Crippen molar-refractivity contribution in [3.05, 3.63) is 58.9 Å². The minimum Gasteiger partial charge on any atom is -0.288 e. The van der Waals surface area contributed by atoms with Crippen LogP contribution < -0.4 is 10.2 Å². The van der Waals surface area contributed by atoms with Crippen molar-refractivity contribution in [3.8, 4) is 0 Å². The summed E-state index contributed by atoms with van der Waals surface area (Å²) >= 11 is 5.74. The molecule has 0 saturated heterocycles. The monoisotopic (exact) mass is 341 g/mol. The molecule has 1 amide bonds. The van der Waals surface area contributed by atoms with Crippen molar-refractivity contribution in [2.75, 3.05) is 4.72 Å². The van der Waals surface area contributed by atoms with Gasteiger partial charge in [0.25, 0.3) is 5.91 Å². The largest absolute Gasteiger partial charge is 0.293 e. The zero-order valence-corrected chi connectivity index (χ0v) is 12.7. The van der Waals surface area contributed by atoms with Crippen molar-refractivity contribution < 1.29 is 18.4 Å². The molecule has 1 aromatic carbocycles. The Kier molecular flexibility index (Phi) is 4.96. The van der Waals surface area contributed by atoms with Crippen LogP contribution in [0.3, 0.4) is 0 Å². The Labute approximate surface area is 132 Å². The molecule has 0 spiro atoms. The van der Waals surface area contributed by atoms with Crippen LogP contribution in [0.1, 0.15) is 16.1 Å². The number of hydrogen-bond donors (Lipinski definition) is 3. The Hall–Kier alpha value is -2.16. The third-order valence-electron chi connectivity index (χ3n) is 2.64. The highest BCUT2D eigenvalue weighted by Gasteiger charge is 2.13. The second-order valence-electron chi connectivity index (χ2n) is 4.36. The number of nitrogens with one attached hydrogen (secondary N) is 2. The minimum atomic E-state index is -3.66. The van der Waals surface area contributed by atoms with E-state index in [0.29, 0.717) is 10.6 Å². The van der Waals surface area contributed by atoms with Gasteiger partial charge >= 0.3 is 0 Å². The van der Waals surface area contributed by atoms with Crippen LogP contribution in [0.2, 0.25) is 5.02 Å². The number of hydrogen-bond acceptors (Lipinski definition) is 5. The van der Waals surface area contributed by atoms with Crippen molar-refractivity contribution in [2.45, 2.75) is 5.75 Å². The van der Waals surface area contributed by atoms with Gasteiger partial charge in [0.1, 0.15) is 5.69 Å². The first-order valence-corrected chi connectivity index (χ1v) is 8.08. The smallest absolute Gasteiger partial charge is 0.288 e. The number of amides is 1. The molecule has 116 valence electrons. The van der Waals surface area contributed by atoms with Crippen molar-refractivity contribution in [1.82, 2.24) is 10.5 Å². The lowest BCUT2D eigenvalue weighted by Gasteiger charge is -2.09. The highest BCUT2D eigenvalue weighted by molar-refractivity contribution is 7.91. The van der Waals surface area contributed by atoms with Gasteiger partial charge < -0.3 is 0 Å². The number of sulfonamides is 1. The third-order valence-corrected chi connectivity index (χ3v) is 4.15. The number of anilines is 1. The van der Waals surface area contributed by atoms with Crippen LogP contribution in [-0.4, -0.2) is 24.5 Å². The van der Waals surface area contributed by atoms with Crippen LogP contribution in [0.15, 0.2) is 42.6 Å². The minimum absolute atomic E-state index is 0.116. The zero-order valence-electron chi connectivity index (χ0n) is 11.2. The van der Waals surface area contributed by atoms with Gasteiger partial charge in [-0.2, -0.15) is 0 Å². The summed E-state index contributed by atoms with van der Waals surface area (Å²) in [6, 6.07) is 9.03. The first kappa shape index (κ1) is 16.2. The average molecular weight is 342 g/mol. The topological polar surface area (TPSA) is 108 Å². The molecule has 0 aliphatic heterocycles. The molecular weight excluding hydrogens is 330 g/mol. The molecule has 7 nitrogen and oxygen atoms in total. The van der Waals surface area contributed by atoms with E-state index in [2.05, 4.69) is 9.71 Å². The molecule has 0 atom stereocenters. The molecule has 2 rings (SSSR count). The Bertz CT molecular complexity index is 778. The van der Waals surface area contributed by atoms with E-state index in [4.69, 9.17) is 16.8 Å². The molecule has 3 N–H and O–H groups in total. The molecule has 0 aliphatic carbocycles. The predicted molar refractivity (Wildman–Crippen MR) is 81.2 cm³/mol. The van der Waals surface area contributed by atoms with E-state index in [1.54, 1.807) is 24.3 Å². The summed E-state index contributed by atoms with van der Waals surface area (Å²) in [5, 5.41) is 9.06. The fourth-order valence-electron chi connectivity index (χ4n) is 1.69. The number of aromatic nitrogens is 1. The van der Waals surface area contributed by atoms with Crippen molar-refractivity contribution >= 4 is 33.2 Å². The van der Waals surface area contributed by atoms with Crippen LogP contribution in [0.25, 0.3) is 0 Å². The lowest BCUT2D eigenvalue weighted by Crippen LogP contribution is -2.20. The van der Waals surface area contributed by atoms with Crippen molar-refractivity contribution in [1.29, 1.82) is 0 Å². The van der Waals surface area contributed by atoms with E-state index in [0.717, 1.165) is 0 Å². The van der Waals surface area contributed by atoms with Gasteiger partial charge in [0, 0.05) is 11.2 Å². The summed E-state index contributed by atoms with van der Waals surface area (Å²) in [5.41, 5.74) is 2.05. The third kappa shape index (κ3) is 4.42. The summed E-state index contributed by atoms with van der Waals surface area (Å²) in [7, 11) is -3.66. The van der Waals surface area contributed by atoms with E-state index < -0.39 is 15.9 Å². The molecule has 2 aromatic rings. The summed E-state index contributed by atoms with van der Waals surface area (Å²) in [4.78, 5) is 15.0. The predicted octanol–water partition coefficient (Wildman–Crippen LogP) is 1.80. The van der Waals surface area contributed by atoms with Gasteiger partial charge in [-0.15, -0.1) is 0 Å². The first-order chi connectivity index (χ1) is 10.4. The Morgan fingerprint density at radius 1 is 1.23 bits per heavy atom. The van der Waals surface area contributed by atoms with E-state index in [1.807, 2.05) is 0 Å². The SMILES string of the molecule is O=C(NO)c1cc(NS(=O)(=O)Cc2ccc(Cl)cc2)ccn1. The number of pyridine rings is 1. The number of carbonyl (C=O) groups is 1. The standard InChI is InChI=1S/C13H12ClN3O4S/c14-10-3-1-9(2-4-10)8-22(20,21)17-11-5-6-15-12(7-11)13(18)16-19/h1-7,19H,8H2,(H,15,17)(H,16,18). The molecular formula is C13H12ClN3O4S. The van der Waals surface area contributed by atoms with Gasteiger partial charge in [-0.25, -0.2) is 13.9 Å². The second-order valence-corrected chi connectivity index (χ2v) is 6.52. The van der Waals surface area contributed by atoms with Crippen LogP contribution in [-0.2, 0) is 15.8 Å². The van der Waals surface area contributed by atoms with Gasteiger partial charge in [-0.1, -0.05) is 23.7 Å². The molecule has 0 aliphatic rings. The maximum Gasteiger partial charge on any atom is 0.293 e. The van der Waals surface area contributed by atoms with Crippen molar-refractivity contribution in [3.63, 3.8) is 0 Å². The normalized spacial score (nSPS) is 11.0. The van der Waals surface area contributed by atoms with E-state index in [-0.39, 0.29) is 17.1 Å². The lowest BCUT2D eigenvalue weighted by atomic mass is 10.2. The Balaban J connectivity index is 2.15. The quantitative estimate of drug-likeness (QED) is 0.567. The van der Waals surface area contributed by atoms with Crippen LogP contribution in [0.5, 0.6) is 0 Å². The summed E-state index contributed by atoms with van der Waals surface area (Å²) in [6.07, 6.45) is 1.25. The fourth-order valence-corrected chi connectivity index (χ4v) is 3.01. The van der Waals surface area contributed by atoms with Gasteiger partial charge in [-0.05, 0) is 29.8 Å². The second kappa shape index (κ2) is 6.73. The summed E-state index contributed by atoms with van der Waals surface area (Å²) < 4.78 is 26.5. The molecule has 0 fully saturated rings. The zero-order chi connectivity index (χ0) is 16.2. The molecule has 1 aromatic heterocycles. The number of rotatable bonds is 5. The molecule has 0 unspecified atom stereocenters. The van der Waals surface area contributed by atoms with E-state index >= 15 is 0 Å². The Morgan fingerprint density at radius 3 is 2.55 bits per heavy atom. The van der Waals surface area contributed by atoms with Crippen LogP contribution in [0, 0.1) is 0 Å². The molecule has 0 radical (unpaired) electrons. The molecule has 0 bridgehead atoms. The average Bonchev–Trinajstić information content (AvgIpc) is 2.48. The molecule has 22 heavy (non-hydrogen) atoms. The highest BCUT2D eigenvalue weighted by atomic mass is 35.5. The molecule has 1 heterocycles. The lowest BCUT2D eigenvalue weighted by molar-refractivity contribution is 0.0701. The van der Waals surface area contributed by atoms with Gasteiger partial charge in [-0.3, -0.25) is 19.7 Å². The summed E-state index contributed by atoms with van der Waals surface area (Å²) in [6.45, 7) is 0. The highest BCUT2D eigenvalue weighted by Crippen LogP contribution is 2.15. The summed E-state index contributed by atoms with van der Waals surface area (Å²) in [5.74, 6) is -1.08. The number of carbonyl (C=O) groups excluding carboxylic acids is 1. The maximum absolute atomic E-state index is 12.1. The van der Waals surface area contributed by atoms with Gasteiger partial charge in [0.2, 0.25) is 10.0 Å². The fraction of sp³-hybridized carbons (Fsp3) is 0.0769. The Morgan fingerprint density at radius 2 is 1.91 bits per heavy atom. The molecule has 9 heteroatoms. The number of hydroxylamine groups is 1. The van der Waals surface area contributed by atoms with E-state index in [1.165, 1.54) is 23.8 Å².